The second-order valence-electron chi connectivity index (χ2n) is 5.29. The first kappa shape index (κ1) is 17.6. The van der Waals surface area contributed by atoms with Crippen LogP contribution >= 0.6 is 11.8 Å². The summed E-state index contributed by atoms with van der Waals surface area (Å²) in [7, 11) is 0. The first-order valence-corrected chi connectivity index (χ1v) is 8.52. The van der Waals surface area contributed by atoms with Crippen molar-refractivity contribution in [3.05, 3.63) is 64.7 Å². The van der Waals surface area contributed by atoms with E-state index in [0.29, 0.717) is 11.6 Å². The second-order valence-corrected chi connectivity index (χ2v) is 6.58. The number of nitrogens with zero attached hydrogens (tertiary/aromatic N) is 3. The third kappa shape index (κ3) is 4.25. The monoisotopic (exact) mass is 370 g/mol. The Labute approximate surface area is 152 Å². The Bertz CT molecular complexity index is 912. The molecular formula is C17H14N4O4S. The molecule has 0 fully saturated rings. The highest BCUT2D eigenvalue weighted by Gasteiger charge is 2.19. The molecule has 0 saturated carbocycles. The fourth-order valence-corrected chi connectivity index (χ4v) is 2.75. The number of rotatable bonds is 6. The summed E-state index contributed by atoms with van der Waals surface area (Å²) in [5, 5.41) is 21.1. The highest BCUT2D eigenvalue weighted by molar-refractivity contribution is 8.00. The molecule has 0 radical (unpaired) electrons. The maximum absolute atomic E-state index is 12.3. The lowest BCUT2D eigenvalue weighted by molar-refractivity contribution is -0.384. The molecule has 0 aliphatic carbocycles. The van der Waals surface area contributed by atoms with Crippen molar-refractivity contribution in [1.29, 1.82) is 0 Å². The van der Waals surface area contributed by atoms with Gasteiger partial charge in [0.1, 0.15) is 0 Å². The van der Waals surface area contributed by atoms with Crippen LogP contribution in [0.25, 0.3) is 11.5 Å². The largest absolute Gasteiger partial charge is 0.411 e. The Hall–Kier alpha value is -3.20. The van der Waals surface area contributed by atoms with Gasteiger partial charge in [-0.15, -0.1) is 10.2 Å². The lowest BCUT2D eigenvalue weighted by Gasteiger charge is -2.09. The standard InChI is InChI=1S/C17H14N4O4S/c1-11(15(22)18-13-7-9-14(10-8-13)21(23)24)26-17-20-19-16(25-17)12-5-3-2-4-6-12/h2-11H,1H3,(H,18,22)/t11-/m1/s1. The van der Waals surface area contributed by atoms with Crippen LogP contribution in [0.15, 0.2) is 64.2 Å². The van der Waals surface area contributed by atoms with Gasteiger partial charge in [0.25, 0.3) is 10.9 Å². The summed E-state index contributed by atoms with van der Waals surface area (Å²) in [5.74, 6) is 0.111. The predicted octanol–water partition coefficient (Wildman–Crippen LogP) is 3.76. The maximum Gasteiger partial charge on any atom is 0.277 e. The molecule has 9 heteroatoms. The van der Waals surface area contributed by atoms with Gasteiger partial charge in [0.15, 0.2) is 0 Å². The van der Waals surface area contributed by atoms with E-state index >= 15 is 0 Å². The quantitative estimate of drug-likeness (QED) is 0.399. The van der Waals surface area contributed by atoms with Gasteiger partial charge in [-0.1, -0.05) is 30.0 Å². The molecule has 0 aliphatic heterocycles. The number of anilines is 1. The third-order valence-corrected chi connectivity index (χ3v) is 4.35. The van der Waals surface area contributed by atoms with Crippen LogP contribution in [0.1, 0.15) is 6.92 Å². The average molecular weight is 370 g/mol. The molecule has 1 N–H and O–H groups in total. The average Bonchev–Trinajstić information content (AvgIpc) is 3.11. The van der Waals surface area contributed by atoms with Crippen molar-refractivity contribution < 1.29 is 14.1 Å². The van der Waals surface area contributed by atoms with Gasteiger partial charge in [0.2, 0.25) is 11.8 Å². The van der Waals surface area contributed by atoms with Gasteiger partial charge in [0.05, 0.1) is 10.2 Å². The number of hydrogen-bond acceptors (Lipinski definition) is 7. The predicted molar refractivity (Wildman–Crippen MR) is 96.8 cm³/mol. The molecule has 0 aliphatic rings. The topological polar surface area (TPSA) is 111 Å². The SMILES string of the molecule is C[C@@H](Sc1nnc(-c2ccccc2)o1)C(=O)Nc1ccc([N+](=O)[O-])cc1. The van der Waals surface area contributed by atoms with E-state index in [1.807, 2.05) is 30.3 Å². The van der Waals surface area contributed by atoms with Crippen LogP contribution in [0.4, 0.5) is 11.4 Å². The number of nitro groups is 1. The fourth-order valence-electron chi connectivity index (χ4n) is 2.07. The number of carbonyl (C=O) groups excluding carboxylic acids is 1. The minimum absolute atomic E-state index is 0.0373. The summed E-state index contributed by atoms with van der Waals surface area (Å²) >= 11 is 1.13. The van der Waals surface area contributed by atoms with Crippen LogP contribution in [-0.4, -0.2) is 26.3 Å². The number of non-ortho nitro benzene ring substituents is 1. The van der Waals surface area contributed by atoms with Gasteiger partial charge in [-0.05, 0) is 31.2 Å². The van der Waals surface area contributed by atoms with Crippen molar-refractivity contribution in [2.45, 2.75) is 17.4 Å². The smallest absolute Gasteiger partial charge is 0.277 e. The normalized spacial score (nSPS) is 11.7. The number of benzene rings is 2. The van der Waals surface area contributed by atoms with E-state index in [1.54, 1.807) is 6.92 Å². The van der Waals surface area contributed by atoms with Crippen LogP contribution in [0.3, 0.4) is 0 Å². The van der Waals surface area contributed by atoms with Crippen LogP contribution < -0.4 is 5.32 Å². The molecule has 2 aromatic carbocycles. The Kier molecular flexibility index (Phi) is 5.28. The van der Waals surface area contributed by atoms with Crippen molar-refractivity contribution in [3.63, 3.8) is 0 Å². The van der Waals surface area contributed by atoms with Crippen molar-refractivity contribution in [2.24, 2.45) is 0 Å². The molecule has 1 heterocycles. The van der Waals surface area contributed by atoms with Crippen LogP contribution in [0.5, 0.6) is 0 Å². The first-order chi connectivity index (χ1) is 12.5. The number of carbonyl (C=O) groups is 1. The first-order valence-electron chi connectivity index (χ1n) is 7.64. The van der Waals surface area contributed by atoms with Crippen LogP contribution in [0, 0.1) is 10.1 Å². The number of hydrogen-bond donors (Lipinski definition) is 1. The van der Waals surface area contributed by atoms with Gasteiger partial charge >= 0.3 is 0 Å². The zero-order chi connectivity index (χ0) is 18.5. The summed E-state index contributed by atoms with van der Waals surface area (Å²) in [6, 6.07) is 15.0. The highest BCUT2D eigenvalue weighted by Crippen LogP contribution is 2.26. The molecule has 1 amide bonds. The number of aromatic nitrogens is 2. The number of nitrogens with one attached hydrogen (secondary N) is 1. The zero-order valence-corrected chi connectivity index (χ0v) is 14.5. The summed E-state index contributed by atoms with van der Waals surface area (Å²) < 4.78 is 5.57. The fraction of sp³-hybridized carbons (Fsp3) is 0.118. The number of amides is 1. The molecule has 1 aromatic heterocycles. The van der Waals surface area contributed by atoms with E-state index in [1.165, 1.54) is 24.3 Å². The Morgan fingerprint density at radius 1 is 1.15 bits per heavy atom. The Balaban J connectivity index is 1.61. The van der Waals surface area contributed by atoms with E-state index in [9.17, 15) is 14.9 Å². The molecule has 3 rings (SSSR count). The minimum atomic E-state index is -0.496. The molecule has 0 spiro atoms. The summed E-state index contributed by atoms with van der Waals surface area (Å²) in [6.07, 6.45) is 0. The molecule has 0 bridgehead atoms. The summed E-state index contributed by atoms with van der Waals surface area (Å²) in [6.45, 7) is 1.71. The molecular weight excluding hydrogens is 356 g/mol. The highest BCUT2D eigenvalue weighted by atomic mass is 32.2. The Morgan fingerprint density at radius 2 is 1.85 bits per heavy atom. The minimum Gasteiger partial charge on any atom is -0.411 e. The van der Waals surface area contributed by atoms with E-state index in [4.69, 9.17) is 4.42 Å². The zero-order valence-electron chi connectivity index (χ0n) is 13.7. The molecule has 8 nitrogen and oxygen atoms in total. The van der Waals surface area contributed by atoms with E-state index in [-0.39, 0.29) is 16.8 Å². The molecule has 0 unspecified atom stereocenters. The third-order valence-electron chi connectivity index (χ3n) is 3.42. The van der Waals surface area contributed by atoms with Gasteiger partial charge < -0.3 is 9.73 Å². The van der Waals surface area contributed by atoms with Gasteiger partial charge in [-0.3, -0.25) is 14.9 Å². The molecule has 1 atom stereocenters. The molecule has 0 saturated heterocycles. The Morgan fingerprint density at radius 3 is 2.50 bits per heavy atom. The molecule has 26 heavy (non-hydrogen) atoms. The summed E-state index contributed by atoms with van der Waals surface area (Å²) in [5.41, 5.74) is 1.24. The molecule has 132 valence electrons. The van der Waals surface area contributed by atoms with Gasteiger partial charge in [-0.25, -0.2) is 0 Å². The molecule has 3 aromatic rings. The van der Waals surface area contributed by atoms with Crippen molar-refractivity contribution in [3.8, 4) is 11.5 Å². The van der Waals surface area contributed by atoms with E-state index in [2.05, 4.69) is 15.5 Å². The van der Waals surface area contributed by atoms with E-state index < -0.39 is 10.2 Å². The van der Waals surface area contributed by atoms with Crippen LogP contribution in [0.2, 0.25) is 0 Å². The van der Waals surface area contributed by atoms with Crippen molar-refractivity contribution in [1.82, 2.24) is 10.2 Å². The lowest BCUT2D eigenvalue weighted by atomic mass is 10.2. The van der Waals surface area contributed by atoms with Crippen molar-refractivity contribution >= 4 is 29.0 Å². The maximum atomic E-state index is 12.3. The van der Waals surface area contributed by atoms with Gasteiger partial charge in [0, 0.05) is 23.4 Å². The second kappa shape index (κ2) is 7.79. The number of thioether (sulfide) groups is 1. The lowest BCUT2D eigenvalue weighted by Crippen LogP contribution is -2.22. The van der Waals surface area contributed by atoms with Crippen molar-refractivity contribution in [2.75, 3.05) is 5.32 Å². The van der Waals surface area contributed by atoms with Crippen LogP contribution in [-0.2, 0) is 4.79 Å². The van der Waals surface area contributed by atoms with Gasteiger partial charge in [-0.2, -0.15) is 0 Å². The number of nitro benzene ring substituents is 1. The summed E-state index contributed by atoms with van der Waals surface area (Å²) in [4.78, 5) is 22.4. The van der Waals surface area contributed by atoms with E-state index in [0.717, 1.165) is 17.3 Å².